The van der Waals surface area contributed by atoms with Crippen molar-refractivity contribution in [3.63, 3.8) is 0 Å². The maximum Gasteiger partial charge on any atom is 0.225 e. The molecule has 5 heteroatoms. The molecule has 4 nitrogen and oxygen atoms in total. The van der Waals surface area contributed by atoms with E-state index in [-0.39, 0.29) is 18.3 Å². The first-order valence-electron chi connectivity index (χ1n) is 7.22. The van der Waals surface area contributed by atoms with E-state index >= 15 is 0 Å². The van der Waals surface area contributed by atoms with Crippen LogP contribution in [0.1, 0.15) is 27.2 Å². The molecule has 0 aromatic rings. The average molecular weight is 290 g/mol. The van der Waals surface area contributed by atoms with Gasteiger partial charge in [-0.3, -0.25) is 9.69 Å². The van der Waals surface area contributed by atoms with Crippen molar-refractivity contribution in [2.24, 2.45) is 11.3 Å². The van der Waals surface area contributed by atoms with E-state index in [1.165, 1.54) is 13.0 Å². The van der Waals surface area contributed by atoms with E-state index in [1.807, 2.05) is 18.7 Å². The monoisotopic (exact) mass is 289 g/mol. The standard InChI is InChI=1S/C14H27N3O.ClH/c1-12(2)13(18)17-8-6-16(7-9-17)11-14(3)4-5-15-10-14;/h12,15H,4-11H2,1-3H3;1H. The van der Waals surface area contributed by atoms with Gasteiger partial charge in [-0.05, 0) is 18.4 Å². The molecule has 1 unspecified atom stereocenters. The summed E-state index contributed by atoms with van der Waals surface area (Å²) in [5, 5.41) is 3.45. The van der Waals surface area contributed by atoms with Gasteiger partial charge in [0.15, 0.2) is 0 Å². The Hall–Kier alpha value is -0.320. The van der Waals surface area contributed by atoms with Crippen LogP contribution < -0.4 is 5.32 Å². The summed E-state index contributed by atoms with van der Waals surface area (Å²) in [5.74, 6) is 0.441. The zero-order valence-corrected chi connectivity index (χ0v) is 13.3. The fourth-order valence-electron chi connectivity index (χ4n) is 3.04. The molecule has 1 amide bonds. The Morgan fingerprint density at radius 2 is 1.89 bits per heavy atom. The van der Waals surface area contributed by atoms with Crippen molar-refractivity contribution in [2.45, 2.75) is 27.2 Å². The molecule has 0 bridgehead atoms. The SMILES string of the molecule is CC(C)C(=O)N1CCN(CC2(C)CCNC2)CC1.Cl. The molecule has 112 valence electrons. The van der Waals surface area contributed by atoms with Crippen LogP contribution >= 0.6 is 12.4 Å². The zero-order valence-electron chi connectivity index (χ0n) is 12.4. The fraction of sp³-hybridized carbons (Fsp3) is 0.929. The van der Waals surface area contributed by atoms with Gasteiger partial charge in [-0.25, -0.2) is 0 Å². The van der Waals surface area contributed by atoms with Crippen molar-refractivity contribution >= 4 is 18.3 Å². The lowest BCUT2D eigenvalue weighted by molar-refractivity contribution is -0.136. The molecule has 0 aromatic carbocycles. The van der Waals surface area contributed by atoms with E-state index in [2.05, 4.69) is 17.1 Å². The highest BCUT2D eigenvalue weighted by atomic mass is 35.5. The number of nitrogens with one attached hydrogen (secondary N) is 1. The van der Waals surface area contributed by atoms with Crippen molar-refractivity contribution in [1.29, 1.82) is 0 Å². The zero-order chi connectivity index (χ0) is 13.2. The molecule has 0 aromatic heterocycles. The molecule has 0 aliphatic carbocycles. The molecular weight excluding hydrogens is 262 g/mol. The van der Waals surface area contributed by atoms with Gasteiger partial charge in [0.1, 0.15) is 0 Å². The maximum absolute atomic E-state index is 11.9. The van der Waals surface area contributed by atoms with E-state index in [0.717, 1.165) is 39.3 Å². The summed E-state index contributed by atoms with van der Waals surface area (Å²) in [6, 6.07) is 0. The molecule has 2 aliphatic heterocycles. The Morgan fingerprint density at radius 3 is 2.37 bits per heavy atom. The van der Waals surface area contributed by atoms with Crippen LogP contribution in [0.25, 0.3) is 0 Å². The predicted molar refractivity (Wildman–Crippen MR) is 80.7 cm³/mol. The van der Waals surface area contributed by atoms with Crippen LogP contribution in [0.5, 0.6) is 0 Å². The second kappa shape index (κ2) is 6.91. The Labute approximate surface area is 123 Å². The molecular formula is C14H28ClN3O. The van der Waals surface area contributed by atoms with E-state index in [9.17, 15) is 4.79 Å². The lowest BCUT2D eigenvalue weighted by Gasteiger charge is -2.39. The van der Waals surface area contributed by atoms with Gasteiger partial charge < -0.3 is 10.2 Å². The van der Waals surface area contributed by atoms with Gasteiger partial charge in [-0.1, -0.05) is 20.8 Å². The number of nitrogens with zero attached hydrogens (tertiary/aromatic N) is 2. The Bertz CT molecular complexity index is 295. The molecule has 0 radical (unpaired) electrons. The number of hydrogen-bond acceptors (Lipinski definition) is 3. The van der Waals surface area contributed by atoms with E-state index < -0.39 is 0 Å². The molecule has 19 heavy (non-hydrogen) atoms. The van der Waals surface area contributed by atoms with Crippen LogP contribution in [0.2, 0.25) is 0 Å². The number of carbonyl (C=O) groups excluding carboxylic acids is 1. The van der Waals surface area contributed by atoms with E-state index in [4.69, 9.17) is 0 Å². The highest BCUT2D eigenvalue weighted by molar-refractivity contribution is 5.85. The number of halogens is 1. The van der Waals surface area contributed by atoms with Crippen LogP contribution in [0.3, 0.4) is 0 Å². The van der Waals surface area contributed by atoms with Crippen LogP contribution in [-0.4, -0.2) is 61.5 Å². The molecule has 2 saturated heterocycles. The summed E-state index contributed by atoms with van der Waals surface area (Å²) in [6.45, 7) is 13.7. The van der Waals surface area contributed by atoms with E-state index in [1.54, 1.807) is 0 Å². The maximum atomic E-state index is 11.9. The lowest BCUT2D eigenvalue weighted by atomic mass is 9.89. The Morgan fingerprint density at radius 1 is 1.26 bits per heavy atom. The quantitative estimate of drug-likeness (QED) is 0.848. The smallest absolute Gasteiger partial charge is 0.225 e. The summed E-state index contributed by atoms with van der Waals surface area (Å²) < 4.78 is 0. The number of amides is 1. The second-order valence-electron chi connectivity index (χ2n) is 6.49. The van der Waals surface area contributed by atoms with Crippen LogP contribution in [0.4, 0.5) is 0 Å². The fourth-order valence-corrected chi connectivity index (χ4v) is 3.04. The molecule has 2 rings (SSSR count). The Balaban J connectivity index is 0.00000180. The third-order valence-corrected chi connectivity index (χ3v) is 4.24. The van der Waals surface area contributed by atoms with Gasteiger partial charge in [-0.15, -0.1) is 12.4 Å². The number of hydrogen-bond donors (Lipinski definition) is 1. The lowest BCUT2D eigenvalue weighted by Crippen LogP contribution is -2.52. The van der Waals surface area contributed by atoms with Crippen molar-refractivity contribution in [3.8, 4) is 0 Å². The second-order valence-corrected chi connectivity index (χ2v) is 6.49. The van der Waals surface area contributed by atoms with Gasteiger partial charge in [0.05, 0.1) is 0 Å². The molecule has 0 saturated carbocycles. The largest absolute Gasteiger partial charge is 0.340 e. The van der Waals surface area contributed by atoms with Gasteiger partial charge in [0.25, 0.3) is 0 Å². The average Bonchev–Trinajstić information content (AvgIpc) is 2.76. The molecule has 2 fully saturated rings. The minimum atomic E-state index is 0. The normalized spacial score (nSPS) is 28.5. The molecule has 1 atom stereocenters. The minimum Gasteiger partial charge on any atom is -0.340 e. The predicted octanol–water partition coefficient (Wildman–Crippen LogP) is 1.21. The van der Waals surface area contributed by atoms with Crippen LogP contribution in [0, 0.1) is 11.3 Å². The van der Waals surface area contributed by atoms with Crippen LogP contribution in [0.15, 0.2) is 0 Å². The number of carbonyl (C=O) groups is 1. The van der Waals surface area contributed by atoms with E-state index in [0.29, 0.717) is 11.3 Å². The highest BCUT2D eigenvalue weighted by Gasteiger charge is 2.32. The van der Waals surface area contributed by atoms with Crippen molar-refractivity contribution in [1.82, 2.24) is 15.1 Å². The third-order valence-electron chi connectivity index (χ3n) is 4.24. The summed E-state index contributed by atoms with van der Waals surface area (Å²) in [4.78, 5) is 16.5. The van der Waals surface area contributed by atoms with Gasteiger partial charge in [0, 0.05) is 45.2 Å². The summed E-state index contributed by atoms with van der Waals surface area (Å²) in [6.07, 6.45) is 1.28. The van der Waals surface area contributed by atoms with Gasteiger partial charge in [0.2, 0.25) is 5.91 Å². The van der Waals surface area contributed by atoms with Crippen molar-refractivity contribution < 1.29 is 4.79 Å². The summed E-state index contributed by atoms with van der Waals surface area (Å²) in [7, 11) is 0. The van der Waals surface area contributed by atoms with Crippen molar-refractivity contribution in [2.75, 3.05) is 45.8 Å². The highest BCUT2D eigenvalue weighted by Crippen LogP contribution is 2.26. The number of piperazine rings is 1. The molecule has 0 spiro atoms. The summed E-state index contributed by atoms with van der Waals surface area (Å²) >= 11 is 0. The molecule has 1 N–H and O–H groups in total. The van der Waals surface area contributed by atoms with Gasteiger partial charge >= 0.3 is 0 Å². The topological polar surface area (TPSA) is 35.6 Å². The Kier molecular flexibility index (Phi) is 6.09. The minimum absolute atomic E-state index is 0. The van der Waals surface area contributed by atoms with Gasteiger partial charge in [-0.2, -0.15) is 0 Å². The first kappa shape index (κ1) is 16.7. The third kappa shape index (κ3) is 4.33. The number of rotatable bonds is 3. The first-order chi connectivity index (χ1) is 8.50. The summed E-state index contributed by atoms with van der Waals surface area (Å²) in [5.41, 5.74) is 0.435. The first-order valence-corrected chi connectivity index (χ1v) is 7.22. The molecule has 2 aliphatic rings. The van der Waals surface area contributed by atoms with Crippen LogP contribution in [-0.2, 0) is 4.79 Å². The van der Waals surface area contributed by atoms with Crippen molar-refractivity contribution in [3.05, 3.63) is 0 Å². The molecule has 2 heterocycles.